The monoisotopic (exact) mass is 270 g/mol. The van der Waals surface area contributed by atoms with Gasteiger partial charge in [0.05, 0.1) is 25.2 Å². The van der Waals surface area contributed by atoms with E-state index in [0.717, 1.165) is 25.3 Å². The third-order valence-corrected chi connectivity index (χ3v) is 2.56. The lowest BCUT2D eigenvalue weighted by Gasteiger charge is -2.18. The smallest absolute Gasteiger partial charge is 0.335 e. The van der Waals surface area contributed by atoms with E-state index in [1.165, 1.54) is 0 Å². The van der Waals surface area contributed by atoms with Gasteiger partial charge in [-0.2, -0.15) is 0 Å². The number of rotatable bonds is 5. The molecule has 0 aliphatic rings. The third-order valence-electron chi connectivity index (χ3n) is 2.56. The third kappa shape index (κ3) is 3.67. The Balaban J connectivity index is 2.97. The largest absolute Gasteiger partial charge is 0.508 e. The molecule has 0 aliphatic heterocycles. The molecule has 2 unspecified atom stereocenters. The van der Waals surface area contributed by atoms with Crippen LogP contribution in [0.5, 0.6) is 5.75 Å². The molecule has 1 aromatic rings. The van der Waals surface area contributed by atoms with E-state index in [9.17, 15) is 24.9 Å². The molecular formula is C12H14O7. The van der Waals surface area contributed by atoms with Crippen molar-refractivity contribution in [1.82, 2.24) is 0 Å². The minimum absolute atomic E-state index is 0.155. The average molecular weight is 270 g/mol. The van der Waals surface area contributed by atoms with Crippen molar-refractivity contribution in [2.24, 2.45) is 0 Å². The maximum absolute atomic E-state index is 11.0. The van der Waals surface area contributed by atoms with Crippen LogP contribution in [0.1, 0.15) is 28.4 Å². The van der Waals surface area contributed by atoms with Crippen LogP contribution < -0.4 is 0 Å². The molecule has 0 spiro atoms. The summed E-state index contributed by atoms with van der Waals surface area (Å²) in [5, 5.41) is 37.8. The summed E-state index contributed by atoms with van der Waals surface area (Å²) < 4.78 is 4.33. The fourth-order valence-electron chi connectivity index (χ4n) is 1.50. The number of aliphatic hydroxyl groups is 2. The van der Waals surface area contributed by atoms with Crippen molar-refractivity contribution < 1.29 is 34.8 Å². The highest BCUT2D eigenvalue weighted by molar-refractivity contribution is 5.88. The van der Waals surface area contributed by atoms with Crippen LogP contribution in [0.2, 0.25) is 0 Å². The molecule has 7 heteroatoms. The molecule has 0 heterocycles. The second-order valence-electron chi connectivity index (χ2n) is 3.87. The summed E-state index contributed by atoms with van der Waals surface area (Å²) >= 11 is 0. The van der Waals surface area contributed by atoms with Crippen LogP contribution in [0.15, 0.2) is 18.2 Å². The molecule has 1 rings (SSSR count). The molecular weight excluding hydrogens is 256 g/mol. The minimum atomic E-state index is -1.60. The van der Waals surface area contributed by atoms with Crippen LogP contribution in [0.4, 0.5) is 0 Å². The Hall–Kier alpha value is -2.12. The van der Waals surface area contributed by atoms with E-state index in [-0.39, 0.29) is 16.9 Å². The highest BCUT2D eigenvalue weighted by atomic mass is 16.5. The summed E-state index contributed by atoms with van der Waals surface area (Å²) in [6.45, 7) is 0. The predicted molar refractivity (Wildman–Crippen MR) is 62.7 cm³/mol. The number of methoxy groups -OCH3 is 1. The van der Waals surface area contributed by atoms with Crippen molar-refractivity contribution in [2.45, 2.75) is 18.6 Å². The van der Waals surface area contributed by atoms with Gasteiger partial charge in [-0.3, -0.25) is 4.79 Å². The van der Waals surface area contributed by atoms with Gasteiger partial charge in [0.2, 0.25) is 0 Å². The summed E-state index contributed by atoms with van der Waals surface area (Å²) in [7, 11) is 1.13. The maximum atomic E-state index is 11.0. The molecule has 7 nitrogen and oxygen atoms in total. The number of carbonyl (C=O) groups is 2. The number of benzene rings is 1. The zero-order valence-corrected chi connectivity index (χ0v) is 10.1. The first-order chi connectivity index (χ1) is 8.86. The Morgan fingerprint density at radius 2 is 1.95 bits per heavy atom. The van der Waals surface area contributed by atoms with Gasteiger partial charge in [0.1, 0.15) is 11.9 Å². The van der Waals surface area contributed by atoms with Gasteiger partial charge in [-0.1, -0.05) is 0 Å². The second-order valence-corrected chi connectivity index (χ2v) is 3.87. The summed E-state index contributed by atoms with van der Waals surface area (Å²) in [6, 6.07) is 3.27. The van der Waals surface area contributed by atoms with Crippen molar-refractivity contribution in [1.29, 1.82) is 0 Å². The summed E-state index contributed by atoms with van der Waals surface area (Å²) in [6.07, 6.45) is -3.59. The molecule has 1 aromatic carbocycles. The van der Waals surface area contributed by atoms with Gasteiger partial charge in [-0.05, 0) is 18.2 Å². The van der Waals surface area contributed by atoms with Crippen LogP contribution in [0, 0.1) is 0 Å². The fourth-order valence-corrected chi connectivity index (χ4v) is 1.50. The van der Waals surface area contributed by atoms with E-state index < -0.39 is 30.6 Å². The predicted octanol–water partition coefficient (Wildman–Crippen LogP) is 0.0478. The molecule has 0 saturated carbocycles. The lowest BCUT2D eigenvalue weighted by atomic mass is 9.99. The lowest BCUT2D eigenvalue weighted by molar-refractivity contribution is -0.144. The molecule has 0 aliphatic carbocycles. The molecule has 0 amide bonds. The van der Waals surface area contributed by atoms with Crippen LogP contribution in [0.3, 0.4) is 0 Å². The normalized spacial score (nSPS) is 13.6. The zero-order chi connectivity index (χ0) is 14.6. The Kier molecular flexibility index (Phi) is 4.85. The highest BCUT2D eigenvalue weighted by Gasteiger charge is 2.25. The fraction of sp³-hybridized carbons (Fsp3) is 0.333. The van der Waals surface area contributed by atoms with Crippen LogP contribution in [-0.4, -0.2) is 45.6 Å². The number of carbonyl (C=O) groups excluding carboxylic acids is 1. The van der Waals surface area contributed by atoms with Gasteiger partial charge in [0, 0.05) is 5.56 Å². The zero-order valence-electron chi connectivity index (χ0n) is 10.1. The SMILES string of the molecule is COC(=O)CC(O)C(O)c1cc(C(=O)O)ccc1O. The molecule has 0 radical (unpaired) electrons. The van der Waals surface area contributed by atoms with Crippen molar-refractivity contribution in [3.63, 3.8) is 0 Å². The molecule has 0 bridgehead atoms. The van der Waals surface area contributed by atoms with Crippen molar-refractivity contribution in [3.05, 3.63) is 29.3 Å². The van der Waals surface area contributed by atoms with E-state index >= 15 is 0 Å². The highest BCUT2D eigenvalue weighted by Crippen LogP contribution is 2.28. The number of phenols is 1. The van der Waals surface area contributed by atoms with E-state index in [0.29, 0.717) is 0 Å². The molecule has 2 atom stereocenters. The number of ether oxygens (including phenoxy) is 1. The summed E-state index contributed by atoms with van der Waals surface area (Å²) in [5.41, 5.74) is -0.326. The number of phenolic OH excluding ortho intramolecular Hbond substituents is 1. The van der Waals surface area contributed by atoms with E-state index in [4.69, 9.17) is 5.11 Å². The van der Waals surface area contributed by atoms with Gasteiger partial charge in [-0.25, -0.2) is 4.79 Å². The number of esters is 1. The Morgan fingerprint density at radius 1 is 1.32 bits per heavy atom. The van der Waals surface area contributed by atoms with Gasteiger partial charge in [0.15, 0.2) is 0 Å². The molecule has 104 valence electrons. The number of hydrogen-bond acceptors (Lipinski definition) is 6. The van der Waals surface area contributed by atoms with E-state index in [1.807, 2.05) is 0 Å². The molecule has 0 fully saturated rings. The second kappa shape index (κ2) is 6.17. The first-order valence-corrected chi connectivity index (χ1v) is 5.36. The Morgan fingerprint density at radius 3 is 2.47 bits per heavy atom. The first kappa shape index (κ1) is 14.9. The Labute approximate surface area is 108 Å². The number of hydrogen-bond donors (Lipinski definition) is 4. The van der Waals surface area contributed by atoms with Crippen molar-refractivity contribution in [3.8, 4) is 5.75 Å². The maximum Gasteiger partial charge on any atom is 0.335 e. The van der Waals surface area contributed by atoms with E-state index in [1.54, 1.807) is 0 Å². The average Bonchev–Trinajstić information content (AvgIpc) is 2.37. The number of aliphatic hydroxyl groups excluding tert-OH is 2. The molecule has 0 aromatic heterocycles. The quantitative estimate of drug-likeness (QED) is 0.557. The standard InChI is InChI=1S/C12H14O7/c1-19-10(15)5-9(14)11(16)7-4-6(12(17)18)2-3-8(7)13/h2-4,9,11,13-14,16H,5H2,1H3,(H,17,18). The number of aromatic hydroxyl groups is 1. The topological polar surface area (TPSA) is 124 Å². The first-order valence-electron chi connectivity index (χ1n) is 5.36. The van der Waals surface area contributed by atoms with Gasteiger partial charge in [0.25, 0.3) is 0 Å². The van der Waals surface area contributed by atoms with Gasteiger partial charge < -0.3 is 25.2 Å². The van der Waals surface area contributed by atoms with Crippen LogP contribution >= 0.6 is 0 Å². The molecule has 0 saturated heterocycles. The van der Waals surface area contributed by atoms with Gasteiger partial charge >= 0.3 is 11.9 Å². The summed E-state index contributed by atoms with van der Waals surface area (Å²) in [5.74, 6) is -2.35. The molecule has 4 N–H and O–H groups in total. The number of aromatic carboxylic acids is 1. The number of carboxylic acid groups (broad SMARTS) is 1. The lowest BCUT2D eigenvalue weighted by Crippen LogP contribution is -2.23. The minimum Gasteiger partial charge on any atom is -0.508 e. The number of carboxylic acids is 1. The summed E-state index contributed by atoms with van der Waals surface area (Å²) in [4.78, 5) is 21.7. The van der Waals surface area contributed by atoms with Crippen molar-refractivity contribution >= 4 is 11.9 Å². The van der Waals surface area contributed by atoms with Crippen LogP contribution in [-0.2, 0) is 9.53 Å². The van der Waals surface area contributed by atoms with Gasteiger partial charge in [-0.15, -0.1) is 0 Å². The molecule has 19 heavy (non-hydrogen) atoms. The van der Waals surface area contributed by atoms with E-state index in [2.05, 4.69) is 4.74 Å². The Bertz CT molecular complexity index is 483. The van der Waals surface area contributed by atoms with Crippen molar-refractivity contribution in [2.75, 3.05) is 7.11 Å². The van der Waals surface area contributed by atoms with Crippen LogP contribution in [0.25, 0.3) is 0 Å².